The van der Waals surface area contributed by atoms with Gasteiger partial charge in [-0.25, -0.2) is 9.78 Å². The van der Waals surface area contributed by atoms with Crippen LogP contribution in [0.1, 0.15) is 52.0 Å². The van der Waals surface area contributed by atoms with E-state index in [9.17, 15) is 19.2 Å². The van der Waals surface area contributed by atoms with Crippen LogP contribution in [-0.4, -0.2) is 77.6 Å². The van der Waals surface area contributed by atoms with Gasteiger partial charge in [-0.15, -0.1) is 0 Å². The number of H-pyrrole nitrogens is 2. The molecule has 0 radical (unpaired) electrons. The van der Waals surface area contributed by atoms with E-state index in [2.05, 4.69) is 42.1 Å². The number of hydrogen-bond donors (Lipinski definition) is 5. The number of nitrogens with zero attached hydrogens (tertiary/aromatic N) is 2. The van der Waals surface area contributed by atoms with Crippen molar-refractivity contribution in [2.75, 3.05) is 43.1 Å². The lowest BCUT2D eigenvalue weighted by atomic mass is 9.81. The largest absolute Gasteiger partial charge is 0.444 e. The highest BCUT2D eigenvalue weighted by Crippen LogP contribution is 2.29. The van der Waals surface area contributed by atoms with Crippen molar-refractivity contribution < 1.29 is 23.9 Å². The first-order valence-electron chi connectivity index (χ1n) is 18.3. The summed E-state index contributed by atoms with van der Waals surface area (Å²) in [4.78, 5) is 58.0. The number of rotatable bonds is 11. The van der Waals surface area contributed by atoms with Crippen LogP contribution in [0.5, 0.6) is 0 Å². The highest BCUT2D eigenvalue weighted by molar-refractivity contribution is 5.97. The third-order valence-corrected chi connectivity index (χ3v) is 9.65. The molecule has 0 spiro atoms. The van der Waals surface area contributed by atoms with Gasteiger partial charge in [0.05, 0.1) is 18.9 Å². The van der Waals surface area contributed by atoms with Crippen molar-refractivity contribution in [2.45, 2.75) is 64.5 Å². The summed E-state index contributed by atoms with van der Waals surface area (Å²) < 4.78 is 10.8. The molecule has 13 nitrogen and oxygen atoms in total. The first-order valence-corrected chi connectivity index (χ1v) is 18.3. The van der Waals surface area contributed by atoms with Gasteiger partial charge in [-0.1, -0.05) is 36.4 Å². The molecule has 2 aromatic heterocycles. The molecule has 2 aromatic carbocycles. The summed E-state index contributed by atoms with van der Waals surface area (Å²) in [6, 6.07) is 19.8. The lowest BCUT2D eigenvalue weighted by Gasteiger charge is -2.29. The molecule has 3 heterocycles. The number of benzene rings is 2. The minimum absolute atomic E-state index is 0.154. The van der Waals surface area contributed by atoms with Crippen LogP contribution in [0, 0.1) is 11.8 Å². The van der Waals surface area contributed by atoms with Crippen molar-refractivity contribution in [1.82, 2.24) is 25.8 Å². The van der Waals surface area contributed by atoms with Crippen LogP contribution >= 0.6 is 0 Å². The molecule has 53 heavy (non-hydrogen) atoms. The Bertz CT molecular complexity index is 1880. The standard InChI is InChI=1S/C40H49N7O6/c1-40(2,3)53-39(51)42-24-27-6-10-30(11-7-27)37(49)44-34(38(50)43-32-15-12-29(13-16-32)33-23-36(48)46-45-33)22-26-4-8-28(9-5-26)31-14-17-35(41-25-31)47-18-20-52-21-19-47/h4-5,8-9,12-17,23,25,27,30,34H,6-7,10-11,18-22,24H2,1-3H3,(H,42,51)(H,43,50)(H,44,49)(H2,45,46,48)/t27?,30?,34-/m0/s1. The summed E-state index contributed by atoms with van der Waals surface area (Å²) in [6.07, 6.45) is 4.63. The molecular weight excluding hydrogens is 674 g/mol. The molecule has 1 atom stereocenters. The Kier molecular flexibility index (Phi) is 11.9. The Balaban J connectivity index is 1.10. The molecule has 1 saturated carbocycles. The average molecular weight is 724 g/mol. The summed E-state index contributed by atoms with van der Waals surface area (Å²) >= 11 is 0. The van der Waals surface area contributed by atoms with E-state index in [1.807, 2.05) is 57.3 Å². The number of morpholine rings is 1. The summed E-state index contributed by atoms with van der Waals surface area (Å²) in [6.45, 7) is 9.02. The maximum absolute atomic E-state index is 13.8. The molecule has 3 amide bonds. The van der Waals surface area contributed by atoms with Crippen LogP contribution in [0.4, 0.5) is 16.3 Å². The zero-order valence-corrected chi connectivity index (χ0v) is 30.6. The van der Waals surface area contributed by atoms with Crippen LogP contribution in [-0.2, 0) is 25.5 Å². The second-order valence-electron chi connectivity index (χ2n) is 14.8. The molecule has 13 heteroatoms. The molecule has 1 aliphatic carbocycles. The summed E-state index contributed by atoms with van der Waals surface area (Å²) in [5, 5.41) is 14.2. The van der Waals surface area contributed by atoms with Crippen molar-refractivity contribution in [3.63, 3.8) is 0 Å². The van der Waals surface area contributed by atoms with Gasteiger partial charge in [0.15, 0.2) is 0 Å². The Morgan fingerprint density at radius 2 is 1.58 bits per heavy atom. The zero-order chi connectivity index (χ0) is 37.4. The molecule has 6 rings (SSSR count). The molecule has 2 fully saturated rings. The number of ether oxygens (including phenoxy) is 2. The van der Waals surface area contributed by atoms with Crippen LogP contribution < -0.4 is 26.4 Å². The smallest absolute Gasteiger partial charge is 0.407 e. The van der Waals surface area contributed by atoms with Crippen LogP contribution in [0.15, 0.2) is 77.7 Å². The van der Waals surface area contributed by atoms with E-state index in [1.54, 1.807) is 24.3 Å². The van der Waals surface area contributed by atoms with E-state index < -0.39 is 17.7 Å². The van der Waals surface area contributed by atoms with E-state index in [-0.39, 0.29) is 29.2 Å². The number of carbonyl (C=O) groups excluding carboxylic acids is 3. The Labute approximate surface area is 309 Å². The van der Waals surface area contributed by atoms with Gasteiger partial charge in [0.1, 0.15) is 17.5 Å². The van der Waals surface area contributed by atoms with E-state index in [4.69, 9.17) is 9.47 Å². The van der Waals surface area contributed by atoms with Gasteiger partial charge >= 0.3 is 6.09 Å². The third kappa shape index (κ3) is 10.6. The first-order chi connectivity index (χ1) is 25.5. The number of aromatic amines is 2. The fourth-order valence-electron chi connectivity index (χ4n) is 6.72. The Morgan fingerprint density at radius 1 is 0.906 bits per heavy atom. The number of nitrogens with one attached hydrogen (secondary N) is 5. The van der Waals surface area contributed by atoms with Gasteiger partial charge in [-0.05, 0) is 93.3 Å². The van der Waals surface area contributed by atoms with Gasteiger partial charge in [0.25, 0.3) is 5.56 Å². The topological polar surface area (TPSA) is 171 Å². The molecule has 4 aromatic rings. The van der Waals surface area contributed by atoms with Crippen molar-refractivity contribution in [3.8, 4) is 22.4 Å². The summed E-state index contributed by atoms with van der Waals surface area (Å²) in [7, 11) is 0. The van der Waals surface area contributed by atoms with Crippen molar-refractivity contribution >= 4 is 29.4 Å². The predicted molar refractivity (Wildman–Crippen MR) is 204 cm³/mol. The molecule has 0 unspecified atom stereocenters. The third-order valence-electron chi connectivity index (χ3n) is 9.65. The molecule has 5 N–H and O–H groups in total. The first kappa shape index (κ1) is 37.3. The fraction of sp³-hybridized carbons (Fsp3) is 0.425. The highest BCUT2D eigenvalue weighted by atomic mass is 16.6. The summed E-state index contributed by atoms with van der Waals surface area (Å²) in [5.41, 5.74) is 4.09. The lowest BCUT2D eigenvalue weighted by molar-refractivity contribution is -0.130. The maximum atomic E-state index is 13.8. The van der Waals surface area contributed by atoms with Gasteiger partial charge < -0.3 is 30.3 Å². The van der Waals surface area contributed by atoms with Gasteiger partial charge in [-0.2, -0.15) is 0 Å². The van der Waals surface area contributed by atoms with Crippen LogP contribution in [0.3, 0.4) is 0 Å². The fourth-order valence-corrected chi connectivity index (χ4v) is 6.72. The number of anilines is 2. The predicted octanol–water partition coefficient (Wildman–Crippen LogP) is 5.27. The number of carbonyl (C=O) groups is 3. The van der Waals surface area contributed by atoms with Crippen LogP contribution in [0.25, 0.3) is 22.4 Å². The van der Waals surface area contributed by atoms with Crippen LogP contribution in [0.2, 0.25) is 0 Å². The minimum Gasteiger partial charge on any atom is -0.444 e. The average Bonchev–Trinajstić information content (AvgIpc) is 3.60. The van der Waals surface area contributed by atoms with Gasteiger partial charge in [-0.3, -0.25) is 24.6 Å². The van der Waals surface area contributed by atoms with E-state index in [0.29, 0.717) is 50.4 Å². The monoisotopic (exact) mass is 723 g/mol. The molecule has 1 aliphatic heterocycles. The van der Waals surface area contributed by atoms with E-state index in [1.165, 1.54) is 6.07 Å². The van der Waals surface area contributed by atoms with Crippen molar-refractivity contribution in [2.24, 2.45) is 11.8 Å². The molecular formula is C40H49N7O6. The highest BCUT2D eigenvalue weighted by Gasteiger charge is 2.30. The summed E-state index contributed by atoms with van der Waals surface area (Å²) in [5.74, 6) is 0.461. The number of aromatic nitrogens is 3. The van der Waals surface area contributed by atoms with Crippen molar-refractivity contribution in [1.29, 1.82) is 0 Å². The maximum Gasteiger partial charge on any atom is 0.407 e. The quantitative estimate of drug-likeness (QED) is 0.140. The van der Waals surface area contributed by atoms with E-state index >= 15 is 0 Å². The lowest BCUT2D eigenvalue weighted by Crippen LogP contribution is -2.48. The Hall–Kier alpha value is -5.43. The van der Waals surface area contributed by atoms with Gasteiger partial charge in [0, 0.05) is 55.5 Å². The zero-order valence-electron chi connectivity index (χ0n) is 30.6. The number of alkyl carbamates (subject to hydrolysis) is 1. The second kappa shape index (κ2) is 16.9. The molecule has 2 aliphatic rings. The Morgan fingerprint density at radius 3 is 2.21 bits per heavy atom. The van der Waals surface area contributed by atoms with Crippen molar-refractivity contribution in [3.05, 3.63) is 88.8 Å². The van der Waals surface area contributed by atoms with Gasteiger partial charge in [0.2, 0.25) is 11.8 Å². The molecule has 280 valence electrons. The van der Waals surface area contributed by atoms with E-state index in [0.717, 1.165) is 54.0 Å². The second-order valence-corrected chi connectivity index (χ2v) is 14.8. The number of hydrogen-bond acceptors (Lipinski definition) is 8. The number of amides is 3. The molecule has 0 bridgehead atoms. The normalized spacial score (nSPS) is 18.1. The molecule has 1 saturated heterocycles. The minimum atomic E-state index is -0.824. The number of pyridine rings is 1. The SMILES string of the molecule is CC(C)(C)OC(=O)NCC1CCC(C(=O)N[C@@H](Cc2ccc(-c3ccc(N4CCOCC4)nc3)cc2)C(=O)Nc2ccc(-c3cc(=O)[nH][nH]3)cc2)CC1.